The van der Waals surface area contributed by atoms with E-state index in [0.717, 1.165) is 0 Å². The fourth-order valence-corrected chi connectivity index (χ4v) is 1.47. The Bertz CT molecular complexity index is 529. The van der Waals surface area contributed by atoms with Crippen molar-refractivity contribution in [2.24, 2.45) is 0 Å². The zero-order valence-electron chi connectivity index (χ0n) is 8.27. The first kappa shape index (κ1) is 9.51. The number of carboxylic acid groups (broad SMARTS) is 1. The smallest absolute Gasteiger partial charge is 0.335 e. The van der Waals surface area contributed by atoms with Gasteiger partial charge in [0.25, 0.3) is 0 Å². The highest BCUT2D eigenvalue weighted by Crippen LogP contribution is 2.30. The molecule has 2 aromatic rings. The number of aromatic carboxylic acids is 1. The van der Waals surface area contributed by atoms with Crippen molar-refractivity contribution in [1.29, 1.82) is 0 Å². The molecule has 1 aromatic heterocycles. The van der Waals surface area contributed by atoms with Crippen molar-refractivity contribution in [2.45, 2.75) is 6.92 Å². The predicted molar refractivity (Wildman–Crippen MR) is 52.3 cm³/mol. The second-order valence-corrected chi connectivity index (χ2v) is 3.12. The van der Waals surface area contributed by atoms with E-state index in [-0.39, 0.29) is 5.56 Å². The van der Waals surface area contributed by atoms with Crippen LogP contribution in [0.2, 0.25) is 0 Å². The maximum atomic E-state index is 10.8. The number of aryl methyl sites for hydroxylation is 1. The van der Waals surface area contributed by atoms with Crippen LogP contribution in [-0.2, 0) is 0 Å². The van der Waals surface area contributed by atoms with Crippen LogP contribution in [0.1, 0.15) is 16.1 Å². The highest BCUT2D eigenvalue weighted by molar-refractivity contribution is 5.96. The average Bonchev–Trinajstić information content (AvgIpc) is 2.59. The van der Waals surface area contributed by atoms with Gasteiger partial charge in [0.2, 0.25) is 0 Å². The summed E-state index contributed by atoms with van der Waals surface area (Å²) < 4.78 is 10.1. The second-order valence-electron chi connectivity index (χ2n) is 3.12. The molecule has 1 heterocycles. The van der Waals surface area contributed by atoms with Crippen molar-refractivity contribution < 1.29 is 19.2 Å². The minimum absolute atomic E-state index is 0.121. The molecule has 0 fully saturated rings. The van der Waals surface area contributed by atoms with Gasteiger partial charge in [-0.15, -0.1) is 0 Å². The number of fused-ring (bicyclic) bond motifs is 1. The molecule has 78 valence electrons. The number of carboxylic acids is 1. The summed E-state index contributed by atoms with van der Waals surface area (Å²) in [6, 6.07) is 2.88. The Labute approximate surface area is 85.2 Å². The highest BCUT2D eigenvalue weighted by Gasteiger charge is 2.14. The molecule has 0 amide bonds. The van der Waals surface area contributed by atoms with Crippen molar-refractivity contribution in [3.63, 3.8) is 0 Å². The summed E-state index contributed by atoms with van der Waals surface area (Å²) in [4.78, 5) is 10.8. The summed E-state index contributed by atoms with van der Waals surface area (Å²) >= 11 is 0. The fraction of sp³-hybridized carbons (Fsp3) is 0.200. The molecule has 0 spiro atoms. The average molecular weight is 207 g/mol. The maximum absolute atomic E-state index is 10.8. The standard InChI is InChI=1S/C10H9NO4/c1-5-9-7(14-2)3-6(10(12)13)4-8(9)15-11-5/h3-4H,1-2H3,(H,12,13). The van der Waals surface area contributed by atoms with E-state index in [1.807, 2.05) is 0 Å². The second kappa shape index (κ2) is 3.27. The third kappa shape index (κ3) is 1.41. The molecule has 0 radical (unpaired) electrons. The Morgan fingerprint density at radius 3 is 2.87 bits per heavy atom. The summed E-state index contributed by atoms with van der Waals surface area (Å²) in [5, 5.41) is 13.3. The van der Waals surface area contributed by atoms with Gasteiger partial charge in [0, 0.05) is 0 Å². The number of benzene rings is 1. The van der Waals surface area contributed by atoms with Gasteiger partial charge >= 0.3 is 5.97 Å². The molecular formula is C10H9NO4. The number of aromatic nitrogens is 1. The minimum atomic E-state index is -1.02. The number of rotatable bonds is 2. The molecule has 1 aromatic carbocycles. The van der Waals surface area contributed by atoms with E-state index >= 15 is 0 Å². The van der Waals surface area contributed by atoms with Crippen molar-refractivity contribution in [1.82, 2.24) is 5.16 Å². The lowest BCUT2D eigenvalue weighted by Crippen LogP contribution is -1.97. The molecule has 15 heavy (non-hydrogen) atoms. The van der Waals surface area contributed by atoms with Crippen LogP contribution < -0.4 is 4.74 Å². The molecule has 5 nitrogen and oxygen atoms in total. The summed E-state index contributed by atoms with van der Waals surface area (Å²) in [7, 11) is 1.48. The summed E-state index contributed by atoms with van der Waals surface area (Å²) in [6.07, 6.45) is 0. The van der Waals surface area contributed by atoms with Gasteiger partial charge in [-0.2, -0.15) is 0 Å². The number of carbonyl (C=O) groups is 1. The van der Waals surface area contributed by atoms with Gasteiger partial charge < -0.3 is 14.4 Å². The lowest BCUT2D eigenvalue weighted by Gasteiger charge is -2.02. The predicted octanol–water partition coefficient (Wildman–Crippen LogP) is 1.84. The van der Waals surface area contributed by atoms with E-state index in [1.54, 1.807) is 6.92 Å². The summed E-state index contributed by atoms with van der Waals surface area (Å²) in [5.41, 5.74) is 1.22. The SMILES string of the molecule is COc1cc(C(=O)O)cc2onc(C)c12. The Morgan fingerprint density at radius 1 is 1.53 bits per heavy atom. The van der Waals surface area contributed by atoms with Gasteiger partial charge in [0.1, 0.15) is 5.75 Å². The first-order chi connectivity index (χ1) is 7.13. The molecule has 0 aliphatic carbocycles. The highest BCUT2D eigenvalue weighted by atomic mass is 16.5. The van der Waals surface area contributed by atoms with Gasteiger partial charge in [-0.3, -0.25) is 0 Å². The van der Waals surface area contributed by atoms with E-state index in [4.69, 9.17) is 14.4 Å². The van der Waals surface area contributed by atoms with Crippen molar-refractivity contribution >= 4 is 16.9 Å². The fourth-order valence-electron chi connectivity index (χ4n) is 1.47. The lowest BCUT2D eigenvalue weighted by molar-refractivity contribution is 0.0696. The number of hydrogen-bond acceptors (Lipinski definition) is 4. The molecule has 0 saturated heterocycles. The largest absolute Gasteiger partial charge is 0.496 e. The number of ether oxygens (including phenoxy) is 1. The first-order valence-electron chi connectivity index (χ1n) is 4.31. The summed E-state index contributed by atoms with van der Waals surface area (Å²) in [6.45, 7) is 1.77. The quantitative estimate of drug-likeness (QED) is 0.813. The van der Waals surface area contributed by atoms with E-state index in [2.05, 4.69) is 5.16 Å². The molecule has 0 saturated carbocycles. The van der Waals surface area contributed by atoms with E-state index in [0.29, 0.717) is 22.4 Å². The van der Waals surface area contributed by atoms with Crippen molar-refractivity contribution in [2.75, 3.05) is 7.11 Å². The molecule has 0 bridgehead atoms. The third-order valence-corrected chi connectivity index (χ3v) is 2.18. The van der Waals surface area contributed by atoms with E-state index in [9.17, 15) is 4.79 Å². The monoisotopic (exact) mass is 207 g/mol. The van der Waals surface area contributed by atoms with Crippen LogP contribution in [0.25, 0.3) is 11.0 Å². The molecule has 0 atom stereocenters. The molecule has 2 rings (SSSR count). The van der Waals surface area contributed by atoms with Gasteiger partial charge in [-0.05, 0) is 19.1 Å². The van der Waals surface area contributed by atoms with E-state index < -0.39 is 5.97 Å². The Hall–Kier alpha value is -2.04. The zero-order valence-corrected chi connectivity index (χ0v) is 8.27. The zero-order chi connectivity index (χ0) is 11.0. The van der Waals surface area contributed by atoms with Crippen LogP contribution in [0.3, 0.4) is 0 Å². The molecule has 0 unspecified atom stereocenters. The first-order valence-corrected chi connectivity index (χ1v) is 4.31. The van der Waals surface area contributed by atoms with Gasteiger partial charge in [0.15, 0.2) is 5.58 Å². The lowest BCUT2D eigenvalue weighted by atomic mass is 10.1. The molecule has 5 heteroatoms. The summed E-state index contributed by atoms with van der Waals surface area (Å²) in [5.74, 6) is -0.562. The Kier molecular flexibility index (Phi) is 2.07. The minimum Gasteiger partial charge on any atom is -0.496 e. The van der Waals surface area contributed by atoms with Gasteiger partial charge in [0.05, 0.1) is 23.8 Å². The number of methoxy groups -OCH3 is 1. The third-order valence-electron chi connectivity index (χ3n) is 2.18. The topological polar surface area (TPSA) is 72.6 Å². The molecule has 1 N–H and O–H groups in total. The number of hydrogen-bond donors (Lipinski definition) is 1. The Morgan fingerprint density at radius 2 is 2.27 bits per heavy atom. The van der Waals surface area contributed by atoms with Gasteiger partial charge in [-0.25, -0.2) is 4.79 Å². The molecule has 0 aliphatic heterocycles. The number of nitrogens with zero attached hydrogens (tertiary/aromatic N) is 1. The van der Waals surface area contributed by atoms with Crippen LogP contribution in [-0.4, -0.2) is 23.3 Å². The molecule has 0 aliphatic rings. The van der Waals surface area contributed by atoms with Crippen LogP contribution in [0.5, 0.6) is 5.75 Å². The Balaban J connectivity index is 2.79. The van der Waals surface area contributed by atoms with Crippen molar-refractivity contribution in [3.05, 3.63) is 23.4 Å². The maximum Gasteiger partial charge on any atom is 0.335 e. The van der Waals surface area contributed by atoms with Crippen molar-refractivity contribution in [3.8, 4) is 5.75 Å². The van der Waals surface area contributed by atoms with Crippen LogP contribution >= 0.6 is 0 Å². The van der Waals surface area contributed by atoms with Crippen LogP contribution in [0.4, 0.5) is 0 Å². The normalized spacial score (nSPS) is 10.5. The van der Waals surface area contributed by atoms with Crippen LogP contribution in [0.15, 0.2) is 16.7 Å². The van der Waals surface area contributed by atoms with Gasteiger partial charge in [-0.1, -0.05) is 5.16 Å². The van der Waals surface area contributed by atoms with E-state index in [1.165, 1.54) is 19.2 Å². The molecular weight excluding hydrogens is 198 g/mol. The van der Waals surface area contributed by atoms with Crippen LogP contribution in [0, 0.1) is 6.92 Å².